The fraction of sp³-hybridized carbons (Fsp3) is 0.0909. The summed E-state index contributed by atoms with van der Waals surface area (Å²) in [6, 6.07) is 10.4. The quantitative estimate of drug-likeness (QED) is 0.480. The van der Waals surface area contributed by atoms with Crippen molar-refractivity contribution in [3.05, 3.63) is 65.6 Å². The molecule has 2 aromatic heterocycles. The number of halogens is 1. The van der Waals surface area contributed by atoms with Gasteiger partial charge in [0.15, 0.2) is 5.75 Å². The van der Waals surface area contributed by atoms with E-state index in [0.717, 1.165) is 27.6 Å². The average molecular weight is 421 g/mol. The van der Waals surface area contributed by atoms with Gasteiger partial charge in [-0.2, -0.15) is 0 Å². The second kappa shape index (κ2) is 7.96. The molecule has 0 aliphatic rings. The first-order chi connectivity index (χ1) is 14.5. The van der Waals surface area contributed by atoms with Gasteiger partial charge in [-0.25, -0.2) is 14.8 Å². The minimum atomic E-state index is -0.982. The number of aromatic nitrogens is 3. The van der Waals surface area contributed by atoms with E-state index in [4.69, 9.17) is 16.3 Å². The maximum absolute atomic E-state index is 11.2. The van der Waals surface area contributed by atoms with Crippen LogP contribution in [-0.2, 0) is 0 Å². The van der Waals surface area contributed by atoms with Crippen LogP contribution in [0, 0.1) is 0 Å². The van der Waals surface area contributed by atoms with E-state index < -0.39 is 5.97 Å². The van der Waals surface area contributed by atoms with Crippen molar-refractivity contribution in [2.45, 2.75) is 0 Å². The third-order valence-corrected chi connectivity index (χ3v) is 4.92. The molecule has 0 unspecified atom stereocenters. The van der Waals surface area contributed by atoms with Gasteiger partial charge in [0, 0.05) is 42.2 Å². The maximum atomic E-state index is 11.2. The summed E-state index contributed by atoms with van der Waals surface area (Å²) in [5, 5.41) is 13.4. The number of rotatable bonds is 5. The number of nitrogens with one attached hydrogen (secondary N) is 1. The molecule has 2 heterocycles. The molecule has 0 radical (unpaired) electrons. The molecule has 8 heteroatoms. The Labute approximate surface area is 177 Å². The highest BCUT2D eigenvalue weighted by molar-refractivity contribution is 6.30. The van der Waals surface area contributed by atoms with Gasteiger partial charge in [-0.15, -0.1) is 0 Å². The van der Waals surface area contributed by atoms with Crippen molar-refractivity contribution in [1.29, 1.82) is 0 Å². The molecule has 4 rings (SSSR count). The summed E-state index contributed by atoms with van der Waals surface area (Å²) in [4.78, 5) is 24.4. The number of aromatic carboxylic acids is 1. The number of methoxy groups -OCH3 is 1. The molecule has 2 aromatic carbocycles. The molecule has 7 nitrogen and oxygen atoms in total. The summed E-state index contributed by atoms with van der Waals surface area (Å²) >= 11 is 6.17. The number of anilines is 1. The molecule has 0 fully saturated rings. The van der Waals surface area contributed by atoms with Gasteiger partial charge in [0.25, 0.3) is 0 Å². The number of ether oxygens (including phenoxy) is 1. The van der Waals surface area contributed by atoms with Gasteiger partial charge in [0.2, 0.25) is 5.95 Å². The van der Waals surface area contributed by atoms with Gasteiger partial charge < -0.3 is 15.2 Å². The molecule has 150 valence electrons. The van der Waals surface area contributed by atoms with Crippen LogP contribution in [0.25, 0.3) is 33.2 Å². The van der Waals surface area contributed by atoms with Crippen molar-refractivity contribution in [3.63, 3.8) is 0 Å². The van der Waals surface area contributed by atoms with Crippen molar-refractivity contribution >= 4 is 34.4 Å². The molecule has 0 aliphatic heterocycles. The zero-order chi connectivity index (χ0) is 21.3. The Morgan fingerprint density at radius 2 is 1.83 bits per heavy atom. The Morgan fingerprint density at radius 1 is 1.07 bits per heavy atom. The lowest BCUT2D eigenvalue weighted by Crippen LogP contribution is -2.00. The maximum Gasteiger partial charge on any atom is 0.335 e. The third kappa shape index (κ3) is 3.51. The molecule has 4 aromatic rings. The number of nitrogens with zero attached hydrogens (tertiary/aromatic N) is 3. The molecule has 0 saturated heterocycles. The Bertz CT molecular complexity index is 1260. The number of benzene rings is 2. The highest BCUT2D eigenvalue weighted by atomic mass is 35.5. The molecule has 0 atom stereocenters. The number of carboxylic acid groups (broad SMARTS) is 1. The fourth-order valence-electron chi connectivity index (χ4n) is 3.30. The molecular formula is C22H17ClN4O3. The van der Waals surface area contributed by atoms with Crippen LogP contribution >= 0.6 is 11.6 Å². The van der Waals surface area contributed by atoms with Gasteiger partial charge in [0.05, 0.1) is 17.7 Å². The van der Waals surface area contributed by atoms with Crippen LogP contribution in [0.1, 0.15) is 10.4 Å². The molecule has 2 N–H and O–H groups in total. The third-order valence-electron chi connectivity index (χ3n) is 4.71. The Morgan fingerprint density at radius 3 is 2.47 bits per heavy atom. The normalized spacial score (nSPS) is 10.8. The smallest absolute Gasteiger partial charge is 0.335 e. The van der Waals surface area contributed by atoms with Crippen LogP contribution in [0.4, 0.5) is 5.95 Å². The zero-order valence-electron chi connectivity index (χ0n) is 16.2. The minimum Gasteiger partial charge on any atom is -0.494 e. The number of carboxylic acids is 1. The van der Waals surface area contributed by atoms with Crippen molar-refractivity contribution in [3.8, 4) is 28.0 Å². The Kier molecular flexibility index (Phi) is 5.20. The van der Waals surface area contributed by atoms with Crippen LogP contribution in [0.2, 0.25) is 5.02 Å². The molecular weight excluding hydrogens is 404 g/mol. The van der Waals surface area contributed by atoms with Crippen LogP contribution < -0.4 is 10.1 Å². The van der Waals surface area contributed by atoms with Crippen molar-refractivity contribution < 1.29 is 14.6 Å². The first-order valence-electron chi connectivity index (χ1n) is 9.02. The summed E-state index contributed by atoms with van der Waals surface area (Å²) in [6.45, 7) is 0. The summed E-state index contributed by atoms with van der Waals surface area (Å²) in [5.41, 5.74) is 4.02. The molecule has 0 saturated carbocycles. The van der Waals surface area contributed by atoms with Crippen LogP contribution in [0.5, 0.6) is 5.75 Å². The number of hydrogen-bond acceptors (Lipinski definition) is 6. The first kappa shape index (κ1) is 19.6. The predicted octanol–water partition coefficient (Wildman–Crippen LogP) is 4.76. The van der Waals surface area contributed by atoms with E-state index in [1.807, 2.05) is 12.1 Å². The first-order valence-corrected chi connectivity index (χ1v) is 9.39. The van der Waals surface area contributed by atoms with E-state index in [1.165, 1.54) is 0 Å². The highest BCUT2D eigenvalue weighted by Gasteiger charge is 2.18. The molecule has 30 heavy (non-hydrogen) atoms. The van der Waals surface area contributed by atoms with Gasteiger partial charge in [-0.3, -0.25) is 4.98 Å². The average Bonchev–Trinajstić information content (AvgIpc) is 2.77. The number of hydrogen-bond donors (Lipinski definition) is 2. The summed E-state index contributed by atoms with van der Waals surface area (Å²) in [5.74, 6) is 0.0316. The summed E-state index contributed by atoms with van der Waals surface area (Å²) in [7, 11) is 3.32. The lowest BCUT2D eigenvalue weighted by atomic mass is 9.94. The lowest BCUT2D eigenvalue weighted by Gasteiger charge is -2.16. The predicted molar refractivity (Wildman–Crippen MR) is 116 cm³/mol. The van der Waals surface area contributed by atoms with E-state index in [9.17, 15) is 9.90 Å². The van der Waals surface area contributed by atoms with Crippen LogP contribution in [0.15, 0.2) is 55.0 Å². The number of fused-ring (bicyclic) bond motifs is 1. The van der Waals surface area contributed by atoms with Gasteiger partial charge in [0.1, 0.15) is 5.52 Å². The van der Waals surface area contributed by atoms with Gasteiger partial charge in [-0.05, 0) is 35.4 Å². The molecule has 0 aliphatic carbocycles. The largest absolute Gasteiger partial charge is 0.494 e. The van der Waals surface area contributed by atoms with Crippen molar-refractivity contribution in [2.24, 2.45) is 0 Å². The van der Waals surface area contributed by atoms with Gasteiger partial charge in [-0.1, -0.05) is 23.7 Å². The van der Waals surface area contributed by atoms with Crippen LogP contribution in [-0.4, -0.2) is 40.2 Å². The Hall–Kier alpha value is -3.71. The van der Waals surface area contributed by atoms with E-state index in [2.05, 4.69) is 20.3 Å². The number of carbonyl (C=O) groups is 1. The second-order valence-electron chi connectivity index (χ2n) is 6.49. The topological polar surface area (TPSA) is 97.2 Å². The minimum absolute atomic E-state index is 0.206. The van der Waals surface area contributed by atoms with E-state index >= 15 is 0 Å². The van der Waals surface area contributed by atoms with E-state index in [0.29, 0.717) is 22.2 Å². The summed E-state index contributed by atoms with van der Waals surface area (Å²) < 4.78 is 5.73. The standard InChI is InChI=1S/C22H17ClN4O3/c1-24-22-26-11-18-16(14-7-15(23)10-25-9-14)8-17(20(30-2)19(18)27-22)12-3-5-13(6-4-12)21(28)29/h3-11H,1-2H3,(H,28,29)(H,24,26,27). The fourth-order valence-corrected chi connectivity index (χ4v) is 3.47. The molecule has 0 spiro atoms. The molecule has 0 bridgehead atoms. The summed E-state index contributed by atoms with van der Waals surface area (Å²) in [6.07, 6.45) is 5.01. The second-order valence-corrected chi connectivity index (χ2v) is 6.92. The van der Waals surface area contributed by atoms with E-state index in [-0.39, 0.29) is 5.56 Å². The van der Waals surface area contributed by atoms with E-state index in [1.54, 1.807) is 57.0 Å². The SMILES string of the molecule is CNc1ncc2c(-c3cncc(Cl)c3)cc(-c3ccc(C(=O)O)cc3)c(OC)c2n1. The van der Waals surface area contributed by atoms with Crippen molar-refractivity contribution in [2.75, 3.05) is 19.5 Å². The van der Waals surface area contributed by atoms with Crippen LogP contribution in [0.3, 0.4) is 0 Å². The van der Waals surface area contributed by atoms with Gasteiger partial charge >= 0.3 is 5.97 Å². The highest BCUT2D eigenvalue weighted by Crippen LogP contribution is 2.42. The zero-order valence-corrected chi connectivity index (χ0v) is 16.9. The lowest BCUT2D eigenvalue weighted by molar-refractivity contribution is 0.0697. The Balaban J connectivity index is 2.05. The van der Waals surface area contributed by atoms with Crippen molar-refractivity contribution in [1.82, 2.24) is 15.0 Å². The number of pyridine rings is 1. The monoisotopic (exact) mass is 420 g/mol. The molecule has 0 amide bonds.